The van der Waals surface area contributed by atoms with E-state index >= 15 is 0 Å². The van der Waals surface area contributed by atoms with Gasteiger partial charge in [-0.2, -0.15) is 0 Å². The quantitative estimate of drug-likeness (QED) is 0.449. The van der Waals surface area contributed by atoms with E-state index in [1.54, 1.807) is 0 Å². The van der Waals surface area contributed by atoms with Crippen LogP contribution < -0.4 is 10.5 Å². The van der Waals surface area contributed by atoms with Gasteiger partial charge in [0, 0.05) is 18.0 Å². The Hall–Kier alpha value is -2.59. The van der Waals surface area contributed by atoms with Crippen molar-refractivity contribution in [2.75, 3.05) is 6.61 Å². The highest BCUT2D eigenvalue weighted by Gasteiger charge is 2.11. The molecule has 4 nitrogen and oxygen atoms in total. The molecule has 0 aliphatic carbocycles. The summed E-state index contributed by atoms with van der Waals surface area (Å²) in [5.41, 5.74) is 9.37. The fourth-order valence-corrected chi connectivity index (χ4v) is 3.22. The lowest BCUT2D eigenvalue weighted by Crippen LogP contribution is -2.10. The van der Waals surface area contributed by atoms with Crippen molar-refractivity contribution >= 4 is 0 Å². The lowest BCUT2D eigenvalue weighted by atomic mass is 10.0. The normalized spacial score (nSPS) is 12.1. The molecule has 0 saturated heterocycles. The Morgan fingerprint density at radius 2 is 1.79 bits per heavy atom. The number of benzene rings is 2. The summed E-state index contributed by atoms with van der Waals surface area (Å²) >= 11 is 0. The number of nitrogens with two attached hydrogens (primary N) is 1. The van der Waals surface area contributed by atoms with E-state index in [-0.39, 0.29) is 6.04 Å². The van der Waals surface area contributed by atoms with Crippen LogP contribution in [0.25, 0.3) is 11.5 Å². The van der Waals surface area contributed by atoms with Gasteiger partial charge in [0.1, 0.15) is 11.5 Å². The Labute approximate surface area is 167 Å². The molecule has 1 unspecified atom stereocenters. The predicted octanol–water partition coefficient (Wildman–Crippen LogP) is 5.85. The van der Waals surface area contributed by atoms with E-state index < -0.39 is 0 Å². The van der Waals surface area contributed by atoms with Crippen LogP contribution in [0.1, 0.15) is 55.7 Å². The van der Waals surface area contributed by atoms with Gasteiger partial charge < -0.3 is 14.9 Å². The summed E-state index contributed by atoms with van der Waals surface area (Å²) in [6.45, 7) is 4.72. The van der Waals surface area contributed by atoms with Crippen LogP contribution in [0.5, 0.6) is 5.75 Å². The van der Waals surface area contributed by atoms with E-state index in [0.29, 0.717) is 18.9 Å². The summed E-state index contributed by atoms with van der Waals surface area (Å²) in [7, 11) is 0. The van der Waals surface area contributed by atoms with Gasteiger partial charge in [0.25, 0.3) is 0 Å². The molecule has 148 valence electrons. The first kappa shape index (κ1) is 20.2. The minimum Gasteiger partial charge on any atom is -0.493 e. The topological polar surface area (TPSA) is 61.3 Å². The monoisotopic (exact) mass is 378 g/mol. The van der Waals surface area contributed by atoms with E-state index in [9.17, 15) is 0 Å². The van der Waals surface area contributed by atoms with Gasteiger partial charge in [-0.1, -0.05) is 56.5 Å². The zero-order chi connectivity index (χ0) is 19.8. The molecular weight excluding hydrogens is 348 g/mol. The van der Waals surface area contributed by atoms with Gasteiger partial charge in [0.05, 0.1) is 12.3 Å². The molecule has 0 amide bonds. The molecule has 0 saturated carbocycles. The van der Waals surface area contributed by atoms with Gasteiger partial charge in [-0.15, -0.1) is 0 Å². The molecule has 0 aliphatic heterocycles. The largest absolute Gasteiger partial charge is 0.493 e. The third-order valence-electron chi connectivity index (χ3n) is 4.95. The first-order chi connectivity index (χ1) is 13.7. The first-order valence-electron chi connectivity index (χ1n) is 10.2. The van der Waals surface area contributed by atoms with Gasteiger partial charge in [-0.3, -0.25) is 0 Å². The number of nitrogens with zero attached hydrogens (tertiary/aromatic N) is 1. The van der Waals surface area contributed by atoms with E-state index in [1.807, 2.05) is 49.4 Å². The van der Waals surface area contributed by atoms with Crippen molar-refractivity contribution in [3.63, 3.8) is 0 Å². The molecular formula is C24H30N2O2. The van der Waals surface area contributed by atoms with Crippen LogP contribution in [0.15, 0.2) is 59.0 Å². The smallest absolute Gasteiger partial charge is 0.226 e. The third-order valence-corrected chi connectivity index (χ3v) is 4.95. The molecule has 0 bridgehead atoms. The van der Waals surface area contributed by atoms with Gasteiger partial charge in [-0.25, -0.2) is 4.98 Å². The number of aromatic nitrogens is 1. The fraction of sp³-hybridized carbons (Fsp3) is 0.375. The zero-order valence-electron chi connectivity index (χ0n) is 16.9. The summed E-state index contributed by atoms with van der Waals surface area (Å²) in [6.07, 6.45) is 5.38. The van der Waals surface area contributed by atoms with Crippen molar-refractivity contribution in [2.24, 2.45) is 5.73 Å². The number of hydrogen-bond donors (Lipinski definition) is 1. The van der Waals surface area contributed by atoms with Crippen molar-refractivity contribution in [1.82, 2.24) is 4.98 Å². The first-order valence-corrected chi connectivity index (χ1v) is 10.2. The van der Waals surface area contributed by atoms with Crippen molar-refractivity contribution in [2.45, 2.75) is 52.0 Å². The third kappa shape index (κ3) is 5.46. The van der Waals surface area contributed by atoms with E-state index in [4.69, 9.17) is 14.9 Å². The fourth-order valence-electron chi connectivity index (χ4n) is 3.22. The van der Waals surface area contributed by atoms with Crippen LogP contribution in [-0.4, -0.2) is 11.6 Å². The standard InChI is InChI=1S/C24H30N2O2/c1-3-4-6-11-22(25)19-12-14-21(15-13-19)27-17-16-23-18(2)28-24(26-23)20-9-7-5-8-10-20/h5,7-10,12-15,22H,3-4,6,11,16-17,25H2,1-2H3. The van der Waals surface area contributed by atoms with Gasteiger partial charge in [0.2, 0.25) is 5.89 Å². The summed E-state index contributed by atoms with van der Waals surface area (Å²) in [5.74, 6) is 2.36. The van der Waals surface area contributed by atoms with Gasteiger partial charge >= 0.3 is 0 Å². The zero-order valence-corrected chi connectivity index (χ0v) is 16.9. The molecule has 2 N–H and O–H groups in total. The molecule has 1 heterocycles. The number of ether oxygens (including phenoxy) is 1. The number of hydrogen-bond acceptors (Lipinski definition) is 4. The second-order valence-corrected chi connectivity index (χ2v) is 7.16. The highest BCUT2D eigenvalue weighted by molar-refractivity contribution is 5.53. The Kier molecular flexibility index (Phi) is 7.26. The van der Waals surface area contributed by atoms with Crippen LogP contribution in [0.2, 0.25) is 0 Å². The van der Waals surface area contributed by atoms with Crippen molar-refractivity contribution in [3.05, 3.63) is 71.6 Å². The van der Waals surface area contributed by atoms with E-state index in [0.717, 1.165) is 29.2 Å². The Morgan fingerprint density at radius 1 is 1.04 bits per heavy atom. The maximum atomic E-state index is 6.27. The second-order valence-electron chi connectivity index (χ2n) is 7.16. The van der Waals surface area contributed by atoms with Crippen LogP contribution in [-0.2, 0) is 6.42 Å². The lowest BCUT2D eigenvalue weighted by Gasteiger charge is -2.12. The average molecular weight is 379 g/mol. The molecule has 4 heteroatoms. The van der Waals surface area contributed by atoms with Gasteiger partial charge in [0.15, 0.2) is 0 Å². The molecule has 0 fully saturated rings. The number of oxazole rings is 1. The Morgan fingerprint density at radius 3 is 2.50 bits per heavy atom. The molecule has 2 aromatic carbocycles. The minimum absolute atomic E-state index is 0.106. The van der Waals surface area contributed by atoms with E-state index in [1.165, 1.54) is 24.8 Å². The minimum atomic E-state index is 0.106. The maximum absolute atomic E-state index is 6.27. The molecule has 1 atom stereocenters. The number of aryl methyl sites for hydroxylation is 1. The molecule has 1 aromatic heterocycles. The van der Waals surface area contributed by atoms with Crippen molar-refractivity contribution < 1.29 is 9.15 Å². The summed E-state index contributed by atoms with van der Waals surface area (Å²) < 4.78 is 11.7. The van der Waals surface area contributed by atoms with Crippen molar-refractivity contribution in [3.8, 4) is 17.2 Å². The Balaban J connectivity index is 1.51. The average Bonchev–Trinajstić information content (AvgIpc) is 3.10. The predicted molar refractivity (Wildman–Crippen MR) is 113 cm³/mol. The highest BCUT2D eigenvalue weighted by atomic mass is 16.5. The molecule has 3 aromatic rings. The van der Waals surface area contributed by atoms with Crippen LogP contribution in [0.3, 0.4) is 0 Å². The molecule has 0 spiro atoms. The van der Waals surface area contributed by atoms with Crippen LogP contribution >= 0.6 is 0 Å². The Bertz CT molecular complexity index is 841. The van der Waals surface area contributed by atoms with E-state index in [2.05, 4.69) is 24.0 Å². The maximum Gasteiger partial charge on any atom is 0.226 e. The summed E-state index contributed by atoms with van der Waals surface area (Å²) in [4.78, 5) is 4.62. The van der Waals surface area contributed by atoms with Crippen LogP contribution in [0.4, 0.5) is 0 Å². The van der Waals surface area contributed by atoms with Gasteiger partial charge in [-0.05, 0) is 43.2 Å². The second kappa shape index (κ2) is 10.1. The van der Waals surface area contributed by atoms with Crippen molar-refractivity contribution in [1.29, 1.82) is 0 Å². The summed E-state index contributed by atoms with van der Waals surface area (Å²) in [5, 5.41) is 0. The van der Waals surface area contributed by atoms with Crippen LogP contribution in [0, 0.1) is 6.92 Å². The molecule has 0 radical (unpaired) electrons. The molecule has 0 aliphatic rings. The SMILES string of the molecule is CCCCCC(N)c1ccc(OCCc2nc(-c3ccccc3)oc2C)cc1. The lowest BCUT2D eigenvalue weighted by molar-refractivity contribution is 0.319. The molecule has 3 rings (SSSR count). The summed E-state index contributed by atoms with van der Waals surface area (Å²) in [6, 6.07) is 18.2. The number of rotatable bonds is 10. The number of unbranched alkanes of at least 4 members (excludes halogenated alkanes) is 2. The molecule has 28 heavy (non-hydrogen) atoms. The highest BCUT2D eigenvalue weighted by Crippen LogP contribution is 2.23.